The number of carbonyl (C=O) groups is 1. The van der Waals surface area contributed by atoms with Crippen molar-refractivity contribution < 1.29 is 27.1 Å². The van der Waals surface area contributed by atoms with Crippen molar-refractivity contribution in [2.24, 2.45) is 5.92 Å². The first-order valence-electron chi connectivity index (χ1n) is 9.41. The first-order chi connectivity index (χ1) is 14.1. The van der Waals surface area contributed by atoms with E-state index in [4.69, 9.17) is 10.1 Å². The molecule has 3 rings (SSSR count). The second-order valence-electron chi connectivity index (χ2n) is 7.10. The fourth-order valence-electron chi connectivity index (χ4n) is 2.71. The van der Waals surface area contributed by atoms with E-state index in [0.29, 0.717) is 11.6 Å². The second-order valence-corrected chi connectivity index (χ2v) is 7.10. The van der Waals surface area contributed by atoms with Crippen LogP contribution in [0.25, 0.3) is 0 Å². The summed E-state index contributed by atoms with van der Waals surface area (Å²) >= 11 is 0. The van der Waals surface area contributed by atoms with Gasteiger partial charge < -0.3 is 10.1 Å². The highest BCUT2D eigenvalue weighted by molar-refractivity contribution is 6.07. The van der Waals surface area contributed by atoms with Crippen molar-refractivity contribution in [3.05, 3.63) is 70.5 Å². The predicted octanol–water partition coefficient (Wildman–Crippen LogP) is 4.88. The number of methoxy groups -OCH3 is 1. The Morgan fingerprint density at radius 2 is 1.80 bits per heavy atom. The maximum Gasteiger partial charge on any atom is 0.417 e. The third-order valence-corrected chi connectivity index (χ3v) is 4.46. The number of benzene rings is 2. The number of aryl methyl sites for hydroxylation is 1. The molecule has 1 saturated carbocycles. The molecule has 0 aliphatic heterocycles. The van der Waals surface area contributed by atoms with Crippen LogP contribution in [0.1, 0.15) is 35.1 Å². The molecule has 0 radical (unpaired) electrons. The highest BCUT2D eigenvalue weighted by Gasteiger charge is 2.36. The van der Waals surface area contributed by atoms with Crippen LogP contribution in [-0.4, -0.2) is 25.5 Å². The lowest BCUT2D eigenvalue weighted by atomic mass is 10.0. The summed E-state index contributed by atoms with van der Waals surface area (Å²) in [6, 6.07) is 10.2. The van der Waals surface area contributed by atoms with Gasteiger partial charge in [-0.25, -0.2) is 4.39 Å². The molecule has 4 nitrogen and oxygen atoms in total. The van der Waals surface area contributed by atoms with Crippen LogP contribution in [0.2, 0.25) is 0 Å². The first-order valence-corrected chi connectivity index (χ1v) is 9.41. The Hall–Kier alpha value is -2.74. The van der Waals surface area contributed by atoms with Crippen LogP contribution >= 0.6 is 0 Å². The number of nitrogens with one attached hydrogen (secondary N) is 2. The second kappa shape index (κ2) is 10.3. The standard InChI is InChI=1S/C17H14F4N2O.C5H10O/c1-10-7-8-12(17(19,20)21)14(15(10)18)16(22)23-13(24)9-11-5-3-2-4-6-11;1-6-4-5-2-3-5/h2-8H,9H2,1H3,(H2,22,23,24);5H,2-4H2,1H3. The Balaban J connectivity index is 0.000000456. The number of rotatable bonds is 5. The minimum absolute atomic E-state index is 0.0416. The number of hydrogen-bond acceptors (Lipinski definition) is 3. The Morgan fingerprint density at radius 3 is 2.30 bits per heavy atom. The van der Waals surface area contributed by atoms with Crippen LogP contribution in [0.5, 0.6) is 0 Å². The molecule has 0 unspecified atom stereocenters. The van der Waals surface area contributed by atoms with Crippen LogP contribution in [0.15, 0.2) is 42.5 Å². The van der Waals surface area contributed by atoms with E-state index in [0.717, 1.165) is 18.6 Å². The summed E-state index contributed by atoms with van der Waals surface area (Å²) in [5.41, 5.74) is -1.66. The van der Waals surface area contributed by atoms with Crippen LogP contribution in [0.3, 0.4) is 0 Å². The van der Waals surface area contributed by atoms with Crippen molar-refractivity contribution in [1.82, 2.24) is 5.32 Å². The third kappa shape index (κ3) is 6.95. The Labute approximate surface area is 172 Å². The van der Waals surface area contributed by atoms with E-state index in [1.165, 1.54) is 19.8 Å². The SMILES string of the molecule is COCC1CC1.Cc1ccc(C(F)(F)F)c(C(=N)NC(=O)Cc2ccccc2)c1F. The molecule has 30 heavy (non-hydrogen) atoms. The molecule has 1 amide bonds. The Kier molecular flexibility index (Phi) is 8.11. The topological polar surface area (TPSA) is 62.2 Å². The van der Waals surface area contributed by atoms with E-state index in [2.05, 4.69) is 0 Å². The Bertz CT molecular complexity index is 879. The summed E-state index contributed by atoms with van der Waals surface area (Å²) in [6.45, 7) is 2.28. The minimum atomic E-state index is -4.83. The molecule has 2 aromatic rings. The van der Waals surface area contributed by atoms with Gasteiger partial charge in [0.1, 0.15) is 11.7 Å². The lowest BCUT2D eigenvalue weighted by Gasteiger charge is -2.16. The lowest BCUT2D eigenvalue weighted by Crippen LogP contribution is -2.34. The van der Waals surface area contributed by atoms with Gasteiger partial charge in [-0.1, -0.05) is 36.4 Å². The van der Waals surface area contributed by atoms with Crippen LogP contribution in [-0.2, 0) is 22.1 Å². The van der Waals surface area contributed by atoms with Crippen molar-refractivity contribution in [2.45, 2.75) is 32.4 Å². The predicted molar refractivity (Wildman–Crippen MR) is 106 cm³/mol. The zero-order chi connectivity index (χ0) is 22.3. The van der Waals surface area contributed by atoms with Crippen LogP contribution < -0.4 is 5.32 Å². The van der Waals surface area contributed by atoms with Gasteiger partial charge in [0, 0.05) is 13.7 Å². The maximum absolute atomic E-state index is 14.1. The van der Waals surface area contributed by atoms with E-state index in [1.54, 1.807) is 37.4 Å². The normalized spacial score (nSPS) is 13.3. The summed E-state index contributed by atoms with van der Waals surface area (Å²) in [5.74, 6) is -1.85. The van der Waals surface area contributed by atoms with Crippen LogP contribution in [0, 0.1) is 24.1 Å². The molecule has 0 saturated heterocycles. The number of alkyl halides is 3. The van der Waals surface area contributed by atoms with Gasteiger partial charge in [-0.3, -0.25) is 10.2 Å². The zero-order valence-corrected chi connectivity index (χ0v) is 16.8. The molecular weight excluding hydrogens is 400 g/mol. The molecule has 1 aliphatic rings. The minimum Gasteiger partial charge on any atom is -0.384 e. The fourth-order valence-corrected chi connectivity index (χ4v) is 2.71. The molecule has 0 aromatic heterocycles. The molecular formula is C22H24F4N2O2. The summed E-state index contributed by atoms with van der Waals surface area (Å²) < 4.78 is 58.1. The zero-order valence-electron chi connectivity index (χ0n) is 16.8. The number of amidine groups is 1. The summed E-state index contributed by atoms with van der Waals surface area (Å²) in [4.78, 5) is 11.9. The summed E-state index contributed by atoms with van der Waals surface area (Å²) in [7, 11) is 1.76. The molecule has 1 aliphatic carbocycles. The van der Waals surface area contributed by atoms with Crippen molar-refractivity contribution in [3.63, 3.8) is 0 Å². The first kappa shape index (κ1) is 23.5. The fraction of sp³-hybridized carbons (Fsp3) is 0.364. The van der Waals surface area contributed by atoms with E-state index < -0.39 is 34.9 Å². The highest BCUT2D eigenvalue weighted by Crippen LogP contribution is 2.34. The Morgan fingerprint density at radius 1 is 1.17 bits per heavy atom. The van der Waals surface area contributed by atoms with Gasteiger partial charge in [-0.15, -0.1) is 0 Å². The van der Waals surface area contributed by atoms with Gasteiger partial charge in [0.05, 0.1) is 17.5 Å². The van der Waals surface area contributed by atoms with Crippen molar-refractivity contribution >= 4 is 11.7 Å². The smallest absolute Gasteiger partial charge is 0.384 e. The number of ether oxygens (including phenoxy) is 1. The molecule has 0 heterocycles. The van der Waals surface area contributed by atoms with Crippen molar-refractivity contribution in [1.29, 1.82) is 5.41 Å². The third-order valence-electron chi connectivity index (χ3n) is 4.46. The number of halogens is 4. The van der Waals surface area contributed by atoms with Gasteiger partial charge in [0.25, 0.3) is 0 Å². The average molecular weight is 424 g/mol. The van der Waals surface area contributed by atoms with Crippen molar-refractivity contribution in [2.75, 3.05) is 13.7 Å². The monoisotopic (exact) mass is 424 g/mol. The quantitative estimate of drug-likeness (QED) is 0.408. The number of hydrogen-bond donors (Lipinski definition) is 2. The summed E-state index contributed by atoms with van der Waals surface area (Å²) in [6.07, 6.45) is -2.17. The number of carbonyl (C=O) groups excluding carboxylic acids is 1. The molecule has 2 aromatic carbocycles. The molecule has 162 valence electrons. The van der Waals surface area contributed by atoms with Gasteiger partial charge in [-0.2, -0.15) is 13.2 Å². The van der Waals surface area contributed by atoms with E-state index in [-0.39, 0.29) is 12.0 Å². The molecule has 0 atom stereocenters. The highest BCUT2D eigenvalue weighted by atomic mass is 19.4. The van der Waals surface area contributed by atoms with Gasteiger partial charge in [0.2, 0.25) is 5.91 Å². The average Bonchev–Trinajstić information content (AvgIpc) is 3.48. The van der Waals surface area contributed by atoms with Crippen LogP contribution in [0.4, 0.5) is 17.6 Å². The molecule has 0 spiro atoms. The van der Waals surface area contributed by atoms with Gasteiger partial charge in [0.15, 0.2) is 0 Å². The summed E-state index contributed by atoms with van der Waals surface area (Å²) in [5, 5.41) is 9.74. The van der Waals surface area contributed by atoms with E-state index >= 15 is 0 Å². The molecule has 2 N–H and O–H groups in total. The molecule has 1 fully saturated rings. The largest absolute Gasteiger partial charge is 0.417 e. The molecule has 0 bridgehead atoms. The molecule has 8 heteroatoms. The van der Waals surface area contributed by atoms with E-state index in [9.17, 15) is 22.4 Å². The lowest BCUT2D eigenvalue weighted by molar-refractivity contribution is -0.138. The van der Waals surface area contributed by atoms with Gasteiger partial charge in [-0.05, 0) is 42.9 Å². The number of amides is 1. The van der Waals surface area contributed by atoms with E-state index in [1.807, 2.05) is 5.32 Å². The van der Waals surface area contributed by atoms with Gasteiger partial charge >= 0.3 is 6.18 Å². The van der Waals surface area contributed by atoms with Crippen molar-refractivity contribution in [3.8, 4) is 0 Å². The maximum atomic E-state index is 14.1.